The minimum atomic E-state index is -3.49. The van der Waals surface area contributed by atoms with Gasteiger partial charge in [-0.1, -0.05) is 26.0 Å². The molecule has 122 valence electrons. The number of hydrogen-bond donors (Lipinski definition) is 1. The Morgan fingerprint density at radius 3 is 2.45 bits per heavy atom. The molecule has 0 aromatic heterocycles. The number of likely N-dealkylation sites (tertiary alicyclic amines) is 1. The maximum atomic E-state index is 12.4. The molecule has 6 heteroatoms. The average Bonchev–Trinajstić information content (AvgIpc) is 2.47. The first-order valence-corrected chi connectivity index (χ1v) is 9.15. The van der Waals surface area contributed by atoms with Crippen LogP contribution in [0.1, 0.15) is 32.3 Å². The van der Waals surface area contributed by atoms with Gasteiger partial charge in [0.2, 0.25) is 15.9 Å². The predicted molar refractivity (Wildman–Crippen MR) is 85.9 cm³/mol. The first kappa shape index (κ1) is 17.0. The van der Waals surface area contributed by atoms with E-state index in [1.165, 1.54) is 0 Å². The van der Waals surface area contributed by atoms with Gasteiger partial charge in [-0.15, -0.1) is 0 Å². The Balaban J connectivity index is 1.97. The number of amides is 1. The Labute approximate surface area is 132 Å². The standard InChI is InChI=1S/C16H24N2O3S/c1-12(2)16(19)18-9-7-14(8-10-18)17-22(20,21)15-6-4-5-13(3)11-15/h4-6,11-12,14,17H,7-10H2,1-3H3. The summed E-state index contributed by atoms with van der Waals surface area (Å²) in [5.74, 6) is 0.125. The molecule has 1 aliphatic rings. The summed E-state index contributed by atoms with van der Waals surface area (Å²) in [5, 5.41) is 0. The molecular weight excluding hydrogens is 300 g/mol. The zero-order valence-corrected chi connectivity index (χ0v) is 14.2. The fourth-order valence-electron chi connectivity index (χ4n) is 2.65. The van der Waals surface area contributed by atoms with E-state index in [1.807, 2.05) is 31.7 Å². The minimum Gasteiger partial charge on any atom is -0.342 e. The van der Waals surface area contributed by atoms with Gasteiger partial charge in [0.25, 0.3) is 0 Å². The van der Waals surface area contributed by atoms with Crippen molar-refractivity contribution < 1.29 is 13.2 Å². The number of rotatable bonds is 4. The molecule has 0 atom stereocenters. The number of carbonyl (C=O) groups is 1. The van der Waals surface area contributed by atoms with Gasteiger partial charge in [0.1, 0.15) is 0 Å². The molecule has 1 saturated heterocycles. The van der Waals surface area contributed by atoms with Crippen LogP contribution in [0.25, 0.3) is 0 Å². The van der Waals surface area contributed by atoms with E-state index in [0.717, 1.165) is 5.56 Å². The van der Waals surface area contributed by atoms with Gasteiger partial charge in [0.15, 0.2) is 0 Å². The average molecular weight is 324 g/mol. The lowest BCUT2D eigenvalue weighted by molar-refractivity contribution is -0.135. The fraction of sp³-hybridized carbons (Fsp3) is 0.562. The van der Waals surface area contributed by atoms with Crippen LogP contribution in [0.4, 0.5) is 0 Å². The number of piperidine rings is 1. The maximum absolute atomic E-state index is 12.4. The molecule has 1 fully saturated rings. The predicted octanol–water partition coefficient (Wildman–Crippen LogP) is 1.92. The van der Waals surface area contributed by atoms with E-state index >= 15 is 0 Å². The van der Waals surface area contributed by atoms with Crippen LogP contribution < -0.4 is 4.72 Å². The summed E-state index contributed by atoms with van der Waals surface area (Å²) in [7, 11) is -3.49. The van der Waals surface area contributed by atoms with E-state index in [9.17, 15) is 13.2 Å². The lowest BCUT2D eigenvalue weighted by Crippen LogP contribution is -2.47. The topological polar surface area (TPSA) is 66.5 Å². The molecule has 22 heavy (non-hydrogen) atoms. The lowest BCUT2D eigenvalue weighted by Gasteiger charge is -2.33. The SMILES string of the molecule is Cc1cccc(S(=O)(=O)NC2CCN(C(=O)C(C)C)CC2)c1. The highest BCUT2D eigenvalue weighted by molar-refractivity contribution is 7.89. The summed E-state index contributed by atoms with van der Waals surface area (Å²) in [6.07, 6.45) is 1.31. The normalized spacial score (nSPS) is 17.0. The van der Waals surface area contributed by atoms with E-state index in [0.29, 0.717) is 30.8 Å². The summed E-state index contributed by atoms with van der Waals surface area (Å²) in [4.78, 5) is 14.1. The van der Waals surface area contributed by atoms with Crippen molar-refractivity contribution in [2.45, 2.75) is 44.6 Å². The number of carbonyl (C=O) groups excluding carboxylic acids is 1. The van der Waals surface area contributed by atoms with Gasteiger partial charge in [-0.25, -0.2) is 13.1 Å². The van der Waals surface area contributed by atoms with Crippen molar-refractivity contribution >= 4 is 15.9 Å². The highest BCUT2D eigenvalue weighted by Gasteiger charge is 2.27. The molecule has 1 heterocycles. The molecule has 0 saturated carbocycles. The smallest absolute Gasteiger partial charge is 0.240 e. The van der Waals surface area contributed by atoms with Crippen LogP contribution in [0.5, 0.6) is 0 Å². The molecule has 1 aliphatic heterocycles. The zero-order chi connectivity index (χ0) is 16.3. The molecule has 0 spiro atoms. The van der Waals surface area contributed by atoms with Crippen molar-refractivity contribution in [1.82, 2.24) is 9.62 Å². The lowest BCUT2D eigenvalue weighted by atomic mass is 10.0. The van der Waals surface area contributed by atoms with Crippen molar-refractivity contribution in [3.05, 3.63) is 29.8 Å². The summed E-state index contributed by atoms with van der Waals surface area (Å²) in [6, 6.07) is 6.77. The molecule has 0 aliphatic carbocycles. The van der Waals surface area contributed by atoms with Crippen LogP contribution in [0, 0.1) is 12.8 Å². The van der Waals surface area contributed by atoms with Crippen LogP contribution in [-0.2, 0) is 14.8 Å². The van der Waals surface area contributed by atoms with Gasteiger partial charge in [0, 0.05) is 25.0 Å². The van der Waals surface area contributed by atoms with Gasteiger partial charge < -0.3 is 4.90 Å². The Morgan fingerprint density at radius 2 is 1.91 bits per heavy atom. The number of hydrogen-bond acceptors (Lipinski definition) is 3. The van der Waals surface area contributed by atoms with Gasteiger partial charge in [0.05, 0.1) is 4.90 Å². The second-order valence-electron chi connectivity index (χ2n) is 6.19. The maximum Gasteiger partial charge on any atom is 0.240 e. The second-order valence-corrected chi connectivity index (χ2v) is 7.91. The monoisotopic (exact) mass is 324 g/mol. The summed E-state index contributed by atoms with van der Waals surface area (Å²) < 4.78 is 27.5. The Bertz CT molecular complexity index is 633. The quantitative estimate of drug-likeness (QED) is 0.920. The third kappa shape index (κ3) is 4.08. The number of nitrogens with zero attached hydrogens (tertiary/aromatic N) is 1. The van der Waals surface area contributed by atoms with Gasteiger partial charge >= 0.3 is 0 Å². The van der Waals surface area contributed by atoms with Gasteiger partial charge in [-0.05, 0) is 37.5 Å². The minimum absolute atomic E-state index is 0.0134. The van der Waals surface area contributed by atoms with Gasteiger partial charge in [-0.3, -0.25) is 4.79 Å². The number of nitrogens with one attached hydrogen (secondary N) is 1. The van der Waals surface area contributed by atoms with E-state index in [4.69, 9.17) is 0 Å². The molecule has 5 nitrogen and oxygen atoms in total. The van der Waals surface area contributed by atoms with Crippen molar-refractivity contribution in [2.75, 3.05) is 13.1 Å². The first-order valence-electron chi connectivity index (χ1n) is 7.67. The molecule has 2 rings (SSSR count). The van der Waals surface area contributed by atoms with Gasteiger partial charge in [-0.2, -0.15) is 0 Å². The Kier molecular flexibility index (Phi) is 5.24. The number of benzene rings is 1. The fourth-order valence-corrected chi connectivity index (χ4v) is 4.06. The highest BCUT2D eigenvalue weighted by Crippen LogP contribution is 2.17. The van der Waals surface area contributed by atoms with Crippen LogP contribution in [0.2, 0.25) is 0 Å². The number of sulfonamides is 1. The Hall–Kier alpha value is -1.40. The molecule has 0 bridgehead atoms. The van der Waals surface area contributed by atoms with E-state index in [2.05, 4.69) is 4.72 Å². The van der Waals surface area contributed by atoms with Crippen LogP contribution >= 0.6 is 0 Å². The molecule has 0 radical (unpaired) electrons. The molecule has 1 N–H and O–H groups in total. The van der Waals surface area contributed by atoms with Crippen molar-refractivity contribution in [1.29, 1.82) is 0 Å². The molecule has 1 amide bonds. The van der Waals surface area contributed by atoms with Crippen molar-refractivity contribution in [3.8, 4) is 0 Å². The largest absolute Gasteiger partial charge is 0.342 e. The zero-order valence-electron chi connectivity index (χ0n) is 13.4. The van der Waals surface area contributed by atoms with Crippen molar-refractivity contribution in [2.24, 2.45) is 5.92 Å². The van der Waals surface area contributed by atoms with E-state index < -0.39 is 10.0 Å². The van der Waals surface area contributed by atoms with E-state index in [-0.39, 0.29) is 17.9 Å². The molecule has 1 aromatic rings. The first-order chi connectivity index (χ1) is 10.3. The van der Waals surface area contributed by atoms with Crippen LogP contribution in [-0.4, -0.2) is 38.4 Å². The summed E-state index contributed by atoms with van der Waals surface area (Å²) in [5.41, 5.74) is 0.917. The second kappa shape index (κ2) is 6.79. The van der Waals surface area contributed by atoms with Crippen LogP contribution in [0.15, 0.2) is 29.2 Å². The summed E-state index contributed by atoms with van der Waals surface area (Å²) in [6.45, 7) is 6.86. The molecular formula is C16H24N2O3S. The Morgan fingerprint density at radius 1 is 1.27 bits per heavy atom. The third-order valence-electron chi connectivity index (χ3n) is 3.92. The number of aryl methyl sites for hydroxylation is 1. The molecule has 0 unspecified atom stereocenters. The summed E-state index contributed by atoms with van der Waals surface area (Å²) >= 11 is 0. The highest BCUT2D eigenvalue weighted by atomic mass is 32.2. The van der Waals surface area contributed by atoms with Crippen LogP contribution in [0.3, 0.4) is 0 Å². The van der Waals surface area contributed by atoms with E-state index in [1.54, 1.807) is 18.2 Å². The molecule has 1 aromatic carbocycles. The van der Waals surface area contributed by atoms with Crippen molar-refractivity contribution in [3.63, 3.8) is 0 Å². The third-order valence-corrected chi connectivity index (χ3v) is 5.44.